The number of thiophene rings is 1. The van der Waals surface area contributed by atoms with Crippen LogP contribution in [0.25, 0.3) is 0 Å². The van der Waals surface area contributed by atoms with Crippen molar-refractivity contribution in [2.24, 2.45) is 5.84 Å². The Bertz CT molecular complexity index is 678. The van der Waals surface area contributed by atoms with Crippen LogP contribution in [0.1, 0.15) is 20.1 Å². The van der Waals surface area contributed by atoms with Gasteiger partial charge in [0, 0.05) is 4.88 Å². The third kappa shape index (κ3) is 2.93. The van der Waals surface area contributed by atoms with Gasteiger partial charge in [-0.05, 0) is 24.3 Å². The van der Waals surface area contributed by atoms with E-state index >= 15 is 0 Å². The maximum atomic E-state index is 13.4. The van der Waals surface area contributed by atoms with Crippen molar-refractivity contribution in [1.82, 2.24) is 5.43 Å². The summed E-state index contributed by atoms with van der Waals surface area (Å²) in [5, 5.41) is 8.87. The van der Waals surface area contributed by atoms with Gasteiger partial charge < -0.3 is 4.74 Å². The van der Waals surface area contributed by atoms with E-state index in [9.17, 15) is 9.18 Å². The van der Waals surface area contributed by atoms with Crippen molar-refractivity contribution in [3.63, 3.8) is 0 Å². The number of hydrazine groups is 1. The lowest BCUT2D eigenvalue weighted by Gasteiger charge is -2.06. The molecule has 102 valence electrons. The fourth-order valence-corrected chi connectivity index (χ4v) is 2.35. The van der Waals surface area contributed by atoms with Crippen LogP contribution in [-0.2, 0) is 6.61 Å². The molecule has 0 fully saturated rings. The van der Waals surface area contributed by atoms with Gasteiger partial charge in [-0.15, -0.1) is 11.3 Å². The second kappa shape index (κ2) is 6.14. The molecule has 0 saturated heterocycles. The molecule has 2 aromatic rings. The number of nitrogens with one attached hydrogen (secondary N) is 1. The van der Waals surface area contributed by atoms with Crippen LogP contribution in [0.5, 0.6) is 5.75 Å². The van der Waals surface area contributed by atoms with E-state index in [4.69, 9.17) is 15.8 Å². The number of amides is 1. The summed E-state index contributed by atoms with van der Waals surface area (Å²) in [6.45, 7) is 0.140. The zero-order valence-corrected chi connectivity index (χ0v) is 11.0. The Morgan fingerprint density at radius 1 is 1.45 bits per heavy atom. The highest BCUT2D eigenvalue weighted by Gasteiger charge is 2.11. The number of benzene rings is 1. The molecular weight excluding hydrogens is 281 g/mol. The van der Waals surface area contributed by atoms with Crippen LogP contribution in [0.3, 0.4) is 0 Å². The number of nitrogens with two attached hydrogens (primary N) is 1. The highest BCUT2D eigenvalue weighted by molar-refractivity contribution is 7.14. The van der Waals surface area contributed by atoms with E-state index in [-0.39, 0.29) is 23.8 Å². The molecule has 7 heteroatoms. The van der Waals surface area contributed by atoms with Crippen molar-refractivity contribution in [2.45, 2.75) is 6.61 Å². The fourth-order valence-electron chi connectivity index (χ4n) is 1.53. The number of rotatable bonds is 4. The Morgan fingerprint density at radius 3 is 2.95 bits per heavy atom. The molecule has 0 bridgehead atoms. The highest BCUT2D eigenvalue weighted by Crippen LogP contribution is 2.23. The molecule has 0 atom stereocenters. The van der Waals surface area contributed by atoms with E-state index in [1.807, 2.05) is 5.43 Å². The van der Waals surface area contributed by atoms with Crippen LogP contribution >= 0.6 is 11.3 Å². The van der Waals surface area contributed by atoms with Crippen LogP contribution in [-0.4, -0.2) is 5.91 Å². The first-order valence-corrected chi connectivity index (χ1v) is 6.38. The van der Waals surface area contributed by atoms with Crippen molar-refractivity contribution < 1.29 is 13.9 Å². The summed E-state index contributed by atoms with van der Waals surface area (Å²) in [5.74, 6) is 4.19. The van der Waals surface area contributed by atoms with Gasteiger partial charge in [0.1, 0.15) is 29.8 Å². The largest absolute Gasteiger partial charge is 0.487 e. The molecule has 1 amide bonds. The molecule has 0 aliphatic rings. The number of nitrogens with zero attached hydrogens (tertiary/aromatic N) is 1. The summed E-state index contributed by atoms with van der Waals surface area (Å²) in [4.78, 5) is 12.5. The second-order valence-electron chi connectivity index (χ2n) is 3.75. The zero-order chi connectivity index (χ0) is 14.5. The molecule has 1 aromatic heterocycles. The minimum absolute atomic E-state index is 0.135. The first kappa shape index (κ1) is 14.0. The lowest BCUT2D eigenvalue weighted by atomic mass is 10.2. The van der Waals surface area contributed by atoms with Gasteiger partial charge in [0.05, 0.1) is 4.88 Å². The Kier molecular flexibility index (Phi) is 4.30. The van der Waals surface area contributed by atoms with Gasteiger partial charge in [0.25, 0.3) is 5.91 Å². The number of ether oxygens (including phenoxy) is 1. The standard InChI is InChI=1S/C13H10FN3O2S/c14-10-2-1-3-11(9(10)6-15)19-7-8-4-5-12(20-8)13(18)17-16/h1-5H,7,16H2,(H,17,18). The van der Waals surface area contributed by atoms with E-state index in [1.54, 1.807) is 18.2 Å². The third-order valence-electron chi connectivity index (χ3n) is 2.47. The maximum absolute atomic E-state index is 13.4. The predicted octanol–water partition coefficient (Wildman–Crippen LogP) is 1.94. The molecule has 5 nitrogen and oxygen atoms in total. The smallest absolute Gasteiger partial charge is 0.275 e. The van der Waals surface area contributed by atoms with Crippen molar-refractivity contribution in [2.75, 3.05) is 0 Å². The summed E-state index contributed by atoms with van der Waals surface area (Å²) in [6.07, 6.45) is 0. The van der Waals surface area contributed by atoms with Crippen LogP contribution in [0.2, 0.25) is 0 Å². The average Bonchev–Trinajstić information content (AvgIpc) is 2.93. The summed E-state index contributed by atoms with van der Waals surface area (Å²) >= 11 is 1.21. The predicted molar refractivity (Wildman–Crippen MR) is 71.4 cm³/mol. The normalized spacial score (nSPS) is 9.85. The molecule has 2 rings (SSSR count). The highest BCUT2D eigenvalue weighted by atomic mass is 32.1. The minimum Gasteiger partial charge on any atom is -0.487 e. The molecule has 0 radical (unpaired) electrons. The van der Waals surface area contributed by atoms with Crippen LogP contribution in [0.15, 0.2) is 30.3 Å². The third-order valence-corrected chi connectivity index (χ3v) is 3.53. The van der Waals surface area contributed by atoms with Crippen LogP contribution < -0.4 is 16.0 Å². The Balaban J connectivity index is 2.10. The summed E-state index contributed by atoms with van der Waals surface area (Å²) in [7, 11) is 0. The number of halogens is 1. The number of nitriles is 1. The van der Waals surface area contributed by atoms with Gasteiger partial charge in [-0.1, -0.05) is 6.07 Å². The quantitative estimate of drug-likeness (QED) is 0.512. The maximum Gasteiger partial charge on any atom is 0.275 e. The fraction of sp³-hybridized carbons (Fsp3) is 0.0769. The number of hydrogen-bond donors (Lipinski definition) is 2. The van der Waals surface area contributed by atoms with E-state index in [0.717, 1.165) is 4.88 Å². The average molecular weight is 291 g/mol. The van der Waals surface area contributed by atoms with Gasteiger partial charge in [-0.25, -0.2) is 10.2 Å². The molecule has 0 unspecified atom stereocenters. The van der Waals surface area contributed by atoms with Gasteiger partial charge in [-0.3, -0.25) is 10.2 Å². The molecule has 0 spiro atoms. The molecule has 1 heterocycles. The second-order valence-corrected chi connectivity index (χ2v) is 4.92. The topological polar surface area (TPSA) is 88.1 Å². The molecular formula is C13H10FN3O2S. The molecule has 20 heavy (non-hydrogen) atoms. The lowest BCUT2D eigenvalue weighted by molar-refractivity contribution is 0.0957. The van der Waals surface area contributed by atoms with Gasteiger partial charge >= 0.3 is 0 Å². The van der Waals surface area contributed by atoms with Crippen LogP contribution in [0, 0.1) is 17.1 Å². The zero-order valence-electron chi connectivity index (χ0n) is 10.2. The van der Waals surface area contributed by atoms with Gasteiger partial charge in [-0.2, -0.15) is 5.26 Å². The lowest BCUT2D eigenvalue weighted by Crippen LogP contribution is -2.29. The monoisotopic (exact) mass is 291 g/mol. The van der Waals surface area contributed by atoms with E-state index in [2.05, 4.69) is 0 Å². The van der Waals surface area contributed by atoms with Gasteiger partial charge in [0.15, 0.2) is 0 Å². The number of nitrogen functional groups attached to an aromatic ring is 1. The Morgan fingerprint density at radius 2 is 2.25 bits per heavy atom. The minimum atomic E-state index is -0.626. The number of hydrogen-bond acceptors (Lipinski definition) is 5. The molecule has 0 aliphatic carbocycles. The summed E-state index contributed by atoms with van der Waals surface area (Å²) in [6, 6.07) is 9.25. The van der Waals surface area contributed by atoms with E-state index < -0.39 is 5.82 Å². The summed E-state index contributed by atoms with van der Waals surface area (Å²) in [5.41, 5.74) is 1.90. The first-order valence-electron chi connectivity index (χ1n) is 5.56. The van der Waals surface area contributed by atoms with Gasteiger partial charge in [0.2, 0.25) is 0 Å². The number of carbonyl (C=O) groups excluding carboxylic acids is 1. The van der Waals surface area contributed by atoms with Crippen molar-refractivity contribution >= 4 is 17.2 Å². The van der Waals surface area contributed by atoms with Crippen molar-refractivity contribution in [1.29, 1.82) is 5.26 Å². The summed E-state index contributed by atoms with van der Waals surface area (Å²) < 4.78 is 18.8. The molecule has 3 N–H and O–H groups in total. The molecule has 0 aliphatic heterocycles. The van der Waals surface area contributed by atoms with E-state index in [1.165, 1.54) is 29.5 Å². The first-order chi connectivity index (χ1) is 9.65. The SMILES string of the molecule is N#Cc1c(F)cccc1OCc1ccc(C(=O)NN)s1. The van der Waals surface area contributed by atoms with E-state index in [0.29, 0.717) is 4.88 Å². The Labute approximate surface area is 118 Å². The van der Waals surface area contributed by atoms with Crippen molar-refractivity contribution in [3.05, 3.63) is 51.5 Å². The van der Waals surface area contributed by atoms with Crippen molar-refractivity contribution in [3.8, 4) is 11.8 Å². The number of carbonyl (C=O) groups is 1. The van der Waals surface area contributed by atoms with Crippen LogP contribution in [0.4, 0.5) is 4.39 Å². The Hall–Kier alpha value is -2.43. The molecule has 1 aromatic carbocycles. The molecule has 0 saturated carbocycles.